The summed E-state index contributed by atoms with van der Waals surface area (Å²) < 4.78 is 0. The van der Waals surface area contributed by atoms with E-state index in [-0.39, 0.29) is 0 Å². The first-order valence-corrected chi connectivity index (χ1v) is 7.17. The molecule has 0 bridgehead atoms. The van der Waals surface area contributed by atoms with Crippen molar-refractivity contribution in [2.45, 2.75) is 6.42 Å². The molecule has 0 aliphatic carbocycles. The summed E-state index contributed by atoms with van der Waals surface area (Å²) in [7, 11) is 4.10. The van der Waals surface area contributed by atoms with Gasteiger partial charge in [-0.1, -0.05) is 12.1 Å². The summed E-state index contributed by atoms with van der Waals surface area (Å²) in [6.45, 7) is 1.83. The van der Waals surface area contributed by atoms with Gasteiger partial charge in [0.1, 0.15) is 11.9 Å². The van der Waals surface area contributed by atoms with E-state index in [0.29, 0.717) is 17.3 Å². The van der Waals surface area contributed by atoms with Crippen LogP contribution in [0.5, 0.6) is 0 Å². The molecular formula is C16H20N6. The molecule has 0 aliphatic rings. The quantitative estimate of drug-likeness (QED) is 0.764. The Balaban J connectivity index is 1.98. The van der Waals surface area contributed by atoms with Crippen LogP contribution in [0.1, 0.15) is 12.0 Å². The summed E-state index contributed by atoms with van der Waals surface area (Å²) in [5.41, 5.74) is 1.32. The normalized spacial score (nSPS) is 10.3. The monoisotopic (exact) mass is 296 g/mol. The largest absolute Gasteiger partial charge is 0.354 e. The molecule has 0 atom stereocenters. The first-order valence-electron chi connectivity index (χ1n) is 7.17. The van der Waals surface area contributed by atoms with Gasteiger partial charge in [0.25, 0.3) is 0 Å². The van der Waals surface area contributed by atoms with Crippen molar-refractivity contribution < 1.29 is 0 Å². The molecule has 6 heteroatoms. The highest BCUT2D eigenvalue weighted by Crippen LogP contribution is 2.19. The Bertz CT molecular complexity index is 647. The fourth-order valence-corrected chi connectivity index (χ4v) is 1.94. The van der Waals surface area contributed by atoms with E-state index >= 15 is 0 Å². The topological polar surface area (TPSA) is 76.9 Å². The van der Waals surface area contributed by atoms with Crippen molar-refractivity contribution >= 4 is 17.5 Å². The van der Waals surface area contributed by atoms with Gasteiger partial charge >= 0.3 is 0 Å². The van der Waals surface area contributed by atoms with Crippen molar-refractivity contribution in [3.05, 3.63) is 42.1 Å². The van der Waals surface area contributed by atoms with Gasteiger partial charge in [-0.15, -0.1) is 0 Å². The maximum atomic E-state index is 9.10. The van der Waals surface area contributed by atoms with Crippen LogP contribution in [-0.4, -0.2) is 42.1 Å². The Morgan fingerprint density at radius 3 is 2.82 bits per heavy atom. The summed E-state index contributed by atoms with van der Waals surface area (Å²) in [6, 6.07) is 11.3. The van der Waals surface area contributed by atoms with Crippen molar-refractivity contribution in [1.29, 1.82) is 5.26 Å². The second kappa shape index (κ2) is 7.96. The van der Waals surface area contributed by atoms with Crippen LogP contribution in [0, 0.1) is 11.3 Å². The van der Waals surface area contributed by atoms with E-state index < -0.39 is 0 Å². The molecule has 0 amide bonds. The Labute approximate surface area is 130 Å². The zero-order chi connectivity index (χ0) is 15.8. The molecule has 22 heavy (non-hydrogen) atoms. The lowest BCUT2D eigenvalue weighted by molar-refractivity contribution is 0.405. The van der Waals surface area contributed by atoms with E-state index in [1.54, 1.807) is 18.3 Å². The van der Waals surface area contributed by atoms with Gasteiger partial charge in [-0.25, -0.2) is 4.98 Å². The molecule has 2 aromatic rings. The molecule has 0 unspecified atom stereocenters. The van der Waals surface area contributed by atoms with Crippen molar-refractivity contribution in [2.24, 2.45) is 0 Å². The molecule has 0 saturated heterocycles. The molecule has 2 N–H and O–H groups in total. The van der Waals surface area contributed by atoms with Gasteiger partial charge in [0, 0.05) is 12.7 Å². The molecule has 0 spiro atoms. The van der Waals surface area contributed by atoms with Crippen molar-refractivity contribution in [3.63, 3.8) is 0 Å². The average molecular weight is 296 g/mol. The Hall–Kier alpha value is -2.65. The third-order valence-electron chi connectivity index (χ3n) is 3.03. The number of aromatic nitrogens is 2. The molecule has 0 radical (unpaired) electrons. The number of benzene rings is 1. The van der Waals surface area contributed by atoms with Gasteiger partial charge in [0.2, 0.25) is 5.95 Å². The highest BCUT2D eigenvalue weighted by atomic mass is 15.1. The van der Waals surface area contributed by atoms with E-state index in [9.17, 15) is 0 Å². The van der Waals surface area contributed by atoms with Crippen LogP contribution in [0.4, 0.5) is 17.5 Å². The molecule has 114 valence electrons. The third-order valence-corrected chi connectivity index (χ3v) is 3.03. The second-order valence-electron chi connectivity index (χ2n) is 5.13. The number of hydrogen-bond donors (Lipinski definition) is 2. The zero-order valence-electron chi connectivity index (χ0n) is 12.9. The van der Waals surface area contributed by atoms with E-state index in [2.05, 4.69) is 31.6 Å². The van der Waals surface area contributed by atoms with E-state index in [0.717, 1.165) is 25.2 Å². The zero-order valence-corrected chi connectivity index (χ0v) is 12.9. The number of hydrogen-bond acceptors (Lipinski definition) is 6. The fraction of sp³-hybridized carbons (Fsp3) is 0.312. The van der Waals surface area contributed by atoms with E-state index in [1.807, 2.05) is 32.3 Å². The summed E-state index contributed by atoms with van der Waals surface area (Å²) in [6.07, 6.45) is 2.71. The molecular weight excluding hydrogens is 276 g/mol. The van der Waals surface area contributed by atoms with Crippen LogP contribution in [-0.2, 0) is 0 Å². The van der Waals surface area contributed by atoms with Crippen molar-refractivity contribution in [3.8, 4) is 6.07 Å². The van der Waals surface area contributed by atoms with Gasteiger partial charge in [-0.3, -0.25) is 0 Å². The summed E-state index contributed by atoms with van der Waals surface area (Å²) in [5.74, 6) is 1.24. The number of para-hydroxylation sites is 1. The summed E-state index contributed by atoms with van der Waals surface area (Å²) in [5, 5.41) is 15.5. The Morgan fingerprint density at radius 2 is 2.05 bits per heavy atom. The lowest BCUT2D eigenvalue weighted by Gasteiger charge is -2.11. The number of rotatable bonds is 7. The average Bonchev–Trinajstić information content (AvgIpc) is 2.52. The molecule has 0 saturated carbocycles. The number of nitrogens with zero attached hydrogens (tertiary/aromatic N) is 4. The van der Waals surface area contributed by atoms with E-state index in [4.69, 9.17) is 5.26 Å². The highest BCUT2D eigenvalue weighted by molar-refractivity contribution is 5.64. The Kier molecular flexibility index (Phi) is 5.69. The lowest BCUT2D eigenvalue weighted by atomic mass is 10.2. The smallest absolute Gasteiger partial charge is 0.224 e. The molecule has 6 nitrogen and oxygen atoms in total. The predicted octanol–water partition coefficient (Wildman–Crippen LogP) is 2.46. The minimum Gasteiger partial charge on any atom is -0.354 e. The standard InChI is InChI=1S/C16H20N6/c1-22(2)11-5-9-18-16-19-10-8-15(21-16)20-14-7-4-3-6-13(14)12-17/h3-4,6-8,10H,5,9,11H2,1-2H3,(H2,18,19,20,21). The van der Waals surface area contributed by atoms with Gasteiger partial charge in [0.05, 0.1) is 11.3 Å². The fourth-order valence-electron chi connectivity index (χ4n) is 1.94. The first-order chi connectivity index (χ1) is 10.7. The minimum absolute atomic E-state index is 0.582. The van der Waals surface area contributed by atoms with Gasteiger partial charge in [-0.05, 0) is 45.3 Å². The third kappa shape index (κ3) is 4.72. The summed E-state index contributed by atoms with van der Waals surface area (Å²) in [4.78, 5) is 10.7. The molecule has 1 aromatic heterocycles. The molecule has 1 heterocycles. The van der Waals surface area contributed by atoms with Gasteiger partial charge in [-0.2, -0.15) is 10.2 Å². The maximum absolute atomic E-state index is 9.10. The number of nitrogens with one attached hydrogen (secondary N) is 2. The Morgan fingerprint density at radius 1 is 1.23 bits per heavy atom. The van der Waals surface area contributed by atoms with Crippen LogP contribution < -0.4 is 10.6 Å². The van der Waals surface area contributed by atoms with Gasteiger partial charge < -0.3 is 15.5 Å². The molecule has 2 rings (SSSR count). The van der Waals surface area contributed by atoms with E-state index in [1.165, 1.54) is 0 Å². The number of nitriles is 1. The van der Waals surface area contributed by atoms with Gasteiger partial charge in [0.15, 0.2) is 0 Å². The lowest BCUT2D eigenvalue weighted by Crippen LogP contribution is -2.17. The highest BCUT2D eigenvalue weighted by Gasteiger charge is 2.03. The minimum atomic E-state index is 0.582. The molecule has 0 fully saturated rings. The van der Waals surface area contributed by atoms with Crippen LogP contribution in [0.3, 0.4) is 0 Å². The van der Waals surface area contributed by atoms with Crippen molar-refractivity contribution in [2.75, 3.05) is 37.8 Å². The first kappa shape index (κ1) is 15.7. The second-order valence-corrected chi connectivity index (χ2v) is 5.13. The predicted molar refractivity (Wildman–Crippen MR) is 88.1 cm³/mol. The maximum Gasteiger partial charge on any atom is 0.224 e. The summed E-state index contributed by atoms with van der Waals surface area (Å²) >= 11 is 0. The van der Waals surface area contributed by atoms with Crippen LogP contribution in [0.2, 0.25) is 0 Å². The van der Waals surface area contributed by atoms with Crippen molar-refractivity contribution in [1.82, 2.24) is 14.9 Å². The SMILES string of the molecule is CN(C)CCCNc1nccc(Nc2ccccc2C#N)n1. The van der Waals surface area contributed by atoms with Crippen LogP contribution >= 0.6 is 0 Å². The van der Waals surface area contributed by atoms with Crippen LogP contribution in [0.15, 0.2) is 36.5 Å². The van der Waals surface area contributed by atoms with Crippen LogP contribution in [0.25, 0.3) is 0 Å². The molecule has 1 aromatic carbocycles. The number of anilines is 3. The molecule has 0 aliphatic heterocycles.